The number of piperidine rings is 2. The fourth-order valence-electron chi connectivity index (χ4n) is 6.68. The minimum Gasteiger partial charge on any atom is -0.497 e. The summed E-state index contributed by atoms with van der Waals surface area (Å²) in [4.78, 5) is 3.40. The number of methoxy groups -OCH3 is 1. The summed E-state index contributed by atoms with van der Waals surface area (Å²) in [5, 5.41) is 11.4. The molecule has 138 valence electrons. The summed E-state index contributed by atoms with van der Waals surface area (Å²) < 4.78 is 5.34. The molecule has 1 aromatic rings. The van der Waals surface area contributed by atoms with Crippen LogP contribution < -0.4 is 14.5 Å². The average molecular weight is 347 g/mol. The molecule has 4 heterocycles. The molecule has 0 atom stereocenters. The van der Waals surface area contributed by atoms with Crippen LogP contribution in [0.25, 0.3) is 0 Å². The lowest BCUT2D eigenvalue weighted by molar-refractivity contribution is -1.19. The number of benzene rings is 1. The lowest BCUT2D eigenvalue weighted by Crippen LogP contribution is -3.41. The third-order valence-corrected chi connectivity index (χ3v) is 7.24. The van der Waals surface area contributed by atoms with E-state index in [0.29, 0.717) is 6.17 Å². The summed E-state index contributed by atoms with van der Waals surface area (Å²) >= 11 is 0. The van der Waals surface area contributed by atoms with Crippen LogP contribution >= 0.6 is 0 Å². The molecule has 4 bridgehead atoms. The Kier molecular flexibility index (Phi) is 4.33. The van der Waals surface area contributed by atoms with E-state index in [4.69, 9.17) is 4.74 Å². The molecule has 4 nitrogen and oxygen atoms in total. The van der Waals surface area contributed by atoms with Crippen molar-refractivity contribution in [2.45, 2.75) is 51.8 Å². The highest BCUT2D eigenvalue weighted by atomic mass is 16.5. The van der Waals surface area contributed by atoms with Crippen LogP contribution in [0.5, 0.6) is 5.75 Å². The molecule has 0 saturated carbocycles. The Labute approximate surface area is 151 Å². The van der Waals surface area contributed by atoms with E-state index in [0.717, 1.165) is 31.9 Å². The zero-order chi connectivity index (χ0) is 17.7. The number of quaternary nitrogens is 2. The fraction of sp³-hybridized carbons (Fsp3) is 0.714. The Morgan fingerprint density at radius 3 is 1.84 bits per heavy atom. The predicted octanol–water partition coefficient (Wildman–Crippen LogP) is 0.438. The number of hydrogen-bond donors (Lipinski definition) is 3. The van der Waals surface area contributed by atoms with E-state index in [2.05, 4.69) is 38.1 Å². The van der Waals surface area contributed by atoms with Gasteiger partial charge < -0.3 is 9.84 Å². The average Bonchev–Trinajstić information content (AvgIpc) is 2.60. The van der Waals surface area contributed by atoms with Crippen molar-refractivity contribution in [2.24, 2.45) is 10.8 Å². The molecule has 3 N–H and O–H groups in total. The van der Waals surface area contributed by atoms with Crippen molar-refractivity contribution in [1.82, 2.24) is 0 Å². The summed E-state index contributed by atoms with van der Waals surface area (Å²) in [5.41, 5.74) is 1.69. The highest BCUT2D eigenvalue weighted by Gasteiger charge is 2.70. The van der Waals surface area contributed by atoms with Crippen LogP contribution in [0.4, 0.5) is 0 Å². The van der Waals surface area contributed by atoms with Crippen molar-refractivity contribution in [3.05, 3.63) is 29.8 Å². The van der Waals surface area contributed by atoms with Crippen molar-refractivity contribution < 1.29 is 19.6 Å². The van der Waals surface area contributed by atoms with Crippen LogP contribution in [-0.2, 0) is 0 Å². The summed E-state index contributed by atoms with van der Waals surface area (Å²) in [7, 11) is 1.73. The van der Waals surface area contributed by atoms with Gasteiger partial charge in [0.1, 0.15) is 5.75 Å². The Hall–Kier alpha value is -1.10. The first kappa shape index (κ1) is 17.3. The van der Waals surface area contributed by atoms with Crippen molar-refractivity contribution in [3.8, 4) is 5.75 Å². The second-order valence-electron chi connectivity index (χ2n) is 8.86. The minimum atomic E-state index is -0.107. The molecular weight excluding hydrogens is 312 g/mol. The third kappa shape index (κ3) is 2.53. The predicted molar refractivity (Wildman–Crippen MR) is 97.8 cm³/mol. The third-order valence-electron chi connectivity index (χ3n) is 7.24. The van der Waals surface area contributed by atoms with Crippen LogP contribution in [0.2, 0.25) is 0 Å². The molecule has 0 aromatic heterocycles. The Bertz CT molecular complexity index is 573. The van der Waals surface area contributed by atoms with E-state index in [-0.39, 0.29) is 16.9 Å². The van der Waals surface area contributed by atoms with Gasteiger partial charge in [-0.1, -0.05) is 26.7 Å². The largest absolute Gasteiger partial charge is 0.497 e. The summed E-state index contributed by atoms with van der Waals surface area (Å²) in [6, 6.07) is 8.70. The van der Waals surface area contributed by atoms with Gasteiger partial charge in [-0.3, -0.25) is 9.80 Å². The molecule has 4 fully saturated rings. The van der Waals surface area contributed by atoms with E-state index in [1.165, 1.54) is 31.2 Å². The first-order valence-electron chi connectivity index (χ1n) is 10.1. The first-order chi connectivity index (χ1) is 12.1. The molecule has 0 spiro atoms. The van der Waals surface area contributed by atoms with E-state index >= 15 is 0 Å². The number of aliphatic hydroxyl groups is 1. The number of hydrogen-bond acceptors (Lipinski definition) is 2. The standard InChI is InChI=1S/C21H32N2O2/c1-4-10-20-12-22-14-21(11-5-2,19(20)24)15-23(13-20)18(22)16-6-8-17(25-3)9-7-16/h6-9,18-19,24H,4-5,10-15H2,1-3H3/p+2. The molecule has 0 unspecified atom stereocenters. The zero-order valence-corrected chi connectivity index (χ0v) is 16.0. The number of rotatable bonds is 6. The first-order valence-corrected chi connectivity index (χ1v) is 10.1. The van der Waals surface area contributed by atoms with Gasteiger partial charge in [-0.2, -0.15) is 0 Å². The van der Waals surface area contributed by atoms with Crippen LogP contribution in [-0.4, -0.2) is 44.5 Å². The van der Waals surface area contributed by atoms with Crippen LogP contribution in [0, 0.1) is 10.8 Å². The lowest BCUT2D eigenvalue weighted by Gasteiger charge is -2.64. The van der Waals surface area contributed by atoms with Gasteiger partial charge in [-0.15, -0.1) is 0 Å². The topological polar surface area (TPSA) is 38.3 Å². The maximum Gasteiger partial charge on any atom is 0.240 e. The molecule has 25 heavy (non-hydrogen) atoms. The van der Waals surface area contributed by atoms with Gasteiger partial charge in [-0.25, -0.2) is 0 Å². The molecule has 4 heteroatoms. The van der Waals surface area contributed by atoms with Crippen molar-refractivity contribution in [2.75, 3.05) is 33.3 Å². The maximum atomic E-state index is 11.4. The minimum absolute atomic E-state index is 0.107. The molecule has 4 aliphatic heterocycles. The monoisotopic (exact) mass is 346 g/mol. The smallest absolute Gasteiger partial charge is 0.240 e. The fourth-order valence-corrected chi connectivity index (χ4v) is 6.68. The van der Waals surface area contributed by atoms with E-state index in [9.17, 15) is 5.11 Å². The van der Waals surface area contributed by atoms with Gasteiger partial charge in [0.05, 0.1) is 55.8 Å². The second kappa shape index (κ2) is 6.26. The Morgan fingerprint density at radius 1 is 0.960 bits per heavy atom. The van der Waals surface area contributed by atoms with E-state index in [1.807, 2.05) is 0 Å². The zero-order valence-electron chi connectivity index (χ0n) is 16.0. The van der Waals surface area contributed by atoms with Gasteiger partial charge in [-0.05, 0) is 37.1 Å². The SMILES string of the molecule is CCCC12C[NH+]3CC(CCC)(C[NH+](C1)C3c1ccc(OC)cc1)C2O. The van der Waals surface area contributed by atoms with Gasteiger partial charge >= 0.3 is 0 Å². The van der Waals surface area contributed by atoms with Crippen molar-refractivity contribution in [1.29, 1.82) is 0 Å². The highest BCUT2D eigenvalue weighted by molar-refractivity contribution is 5.28. The molecule has 1 aromatic carbocycles. The van der Waals surface area contributed by atoms with Crippen LogP contribution in [0.3, 0.4) is 0 Å². The molecule has 4 saturated heterocycles. The molecule has 5 rings (SSSR count). The summed E-state index contributed by atoms with van der Waals surface area (Å²) in [6.45, 7) is 9.07. The lowest BCUT2D eigenvalue weighted by atomic mass is 9.56. The molecule has 0 amide bonds. The quantitative estimate of drug-likeness (QED) is 0.699. The van der Waals surface area contributed by atoms with Crippen LogP contribution in [0.1, 0.15) is 51.3 Å². The van der Waals surface area contributed by atoms with Crippen molar-refractivity contribution in [3.63, 3.8) is 0 Å². The summed E-state index contributed by atoms with van der Waals surface area (Å²) in [6.07, 6.45) is 5.10. The maximum absolute atomic E-state index is 11.4. The Morgan fingerprint density at radius 2 is 1.44 bits per heavy atom. The molecule has 4 aliphatic rings. The number of ether oxygens (including phenoxy) is 1. The van der Waals surface area contributed by atoms with Gasteiger partial charge in [0, 0.05) is 0 Å². The van der Waals surface area contributed by atoms with Crippen molar-refractivity contribution >= 4 is 0 Å². The molecular formula is C21H34N2O2+2. The van der Waals surface area contributed by atoms with Gasteiger partial charge in [0.25, 0.3) is 0 Å². The normalized spacial score (nSPS) is 41.9. The highest BCUT2D eigenvalue weighted by Crippen LogP contribution is 2.45. The number of aliphatic hydroxyl groups excluding tert-OH is 1. The van der Waals surface area contributed by atoms with E-state index < -0.39 is 0 Å². The summed E-state index contributed by atoms with van der Waals surface area (Å²) in [5.74, 6) is 0.933. The van der Waals surface area contributed by atoms with Gasteiger partial charge in [0.2, 0.25) is 6.17 Å². The van der Waals surface area contributed by atoms with Crippen LogP contribution in [0.15, 0.2) is 24.3 Å². The molecule has 0 aliphatic carbocycles. The second-order valence-corrected chi connectivity index (χ2v) is 8.86. The van der Waals surface area contributed by atoms with Gasteiger partial charge in [0.15, 0.2) is 0 Å². The molecule has 0 radical (unpaired) electrons. The Balaban J connectivity index is 1.68. The number of nitrogens with one attached hydrogen (secondary N) is 2. The van der Waals surface area contributed by atoms with E-state index in [1.54, 1.807) is 16.9 Å².